The lowest BCUT2D eigenvalue weighted by Crippen LogP contribution is -2.26. The van der Waals surface area contributed by atoms with Crippen molar-refractivity contribution < 1.29 is 19.0 Å². The number of hydrogen-bond acceptors (Lipinski definition) is 8. The van der Waals surface area contributed by atoms with Gasteiger partial charge >= 0.3 is 5.97 Å². The molecule has 0 amide bonds. The summed E-state index contributed by atoms with van der Waals surface area (Å²) in [4.78, 5) is 17.6. The van der Waals surface area contributed by atoms with Crippen LogP contribution in [0.3, 0.4) is 0 Å². The van der Waals surface area contributed by atoms with Crippen LogP contribution in [-0.2, 0) is 20.0 Å². The standard InChI is InChI=1S/C28H25N3O4S/c1-3-34-28(32)25-24(21(16-29)27(30)35-26(25)18-9-5-4-6-10-18)19-12-13-22(33-2)20(15-19)17-36-23-11-7-8-14-31-23/h4-15,24H,3,17,30H2,1-2H3. The summed E-state index contributed by atoms with van der Waals surface area (Å²) in [6.07, 6.45) is 1.74. The van der Waals surface area contributed by atoms with Gasteiger partial charge in [-0.1, -0.05) is 48.5 Å². The van der Waals surface area contributed by atoms with Crippen molar-refractivity contribution in [1.29, 1.82) is 5.26 Å². The minimum atomic E-state index is -0.775. The molecule has 0 aliphatic carbocycles. The molecule has 0 bridgehead atoms. The van der Waals surface area contributed by atoms with Gasteiger partial charge in [-0.2, -0.15) is 5.26 Å². The Bertz CT molecular complexity index is 1350. The molecule has 1 aromatic heterocycles. The largest absolute Gasteiger partial charge is 0.496 e. The van der Waals surface area contributed by atoms with E-state index in [0.29, 0.717) is 22.6 Å². The van der Waals surface area contributed by atoms with E-state index in [1.807, 2.05) is 66.7 Å². The highest BCUT2D eigenvalue weighted by Crippen LogP contribution is 2.44. The van der Waals surface area contributed by atoms with Crippen LogP contribution in [0.5, 0.6) is 5.75 Å². The third-order valence-electron chi connectivity index (χ3n) is 5.60. The van der Waals surface area contributed by atoms with E-state index in [1.165, 1.54) is 0 Å². The number of aromatic nitrogens is 1. The average Bonchev–Trinajstić information content (AvgIpc) is 2.92. The van der Waals surface area contributed by atoms with Crippen molar-refractivity contribution in [1.82, 2.24) is 4.98 Å². The molecule has 2 N–H and O–H groups in total. The highest BCUT2D eigenvalue weighted by atomic mass is 32.2. The lowest BCUT2D eigenvalue weighted by Gasteiger charge is -2.28. The van der Waals surface area contributed by atoms with Crippen molar-refractivity contribution in [2.24, 2.45) is 5.73 Å². The zero-order valence-corrected chi connectivity index (χ0v) is 20.7. The number of carbonyl (C=O) groups is 1. The number of nitrogens with zero attached hydrogens (tertiary/aromatic N) is 2. The van der Waals surface area contributed by atoms with E-state index in [-0.39, 0.29) is 29.4 Å². The zero-order valence-electron chi connectivity index (χ0n) is 19.9. The van der Waals surface area contributed by atoms with E-state index < -0.39 is 11.9 Å². The van der Waals surface area contributed by atoms with Crippen molar-refractivity contribution in [3.8, 4) is 11.8 Å². The van der Waals surface area contributed by atoms with E-state index in [9.17, 15) is 10.1 Å². The fraction of sp³-hybridized carbons (Fsp3) is 0.179. The van der Waals surface area contributed by atoms with E-state index in [4.69, 9.17) is 19.9 Å². The summed E-state index contributed by atoms with van der Waals surface area (Å²) in [6, 6.07) is 22.6. The van der Waals surface area contributed by atoms with Gasteiger partial charge in [-0.3, -0.25) is 0 Å². The number of ether oxygens (including phenoxy) is 3. The highest BCUT2D eigenvalue weighted by molar-refractivity contribution is 7.98. The normalized spacial score (nSPS) is 15.2. The number of allylic oxidation sites excluding steroid dienone is 1. The molecule has 7 nitrogen and oxygen atoms in total. The summed E-state index contributed by atoms with van der Waals surface area (Å²) >= 11 is 1.56. The third kappa shape index (κ3) is 5.21. The summed E-state index contributed by atoms with van der Waals surface area (Å²) in [5, 5.41) is 10.9. The van der Waals surface area contributed by atoms with Gasteiger partial charge in [0.05, 0.1) is 30.2 Å². The molecule has 0 spiro atoms. The molecule has 8 heteroatoms. The maximum Gasteiger partial charge on any atom is 0.338 e. The molecule has 2 heterocycles. The Hall–Kier alpha value is -4.22. The Balaban J connectivity index is 1.84. The molecule has 0 saturated carbocycles. The van der Waals surface area contributed by atoms with Gasteiger partial charge in [-0.15, -0.1) is 11.8 Å². The number of nitrogens with two attached hydrogens (primary N) is 1. The maximum atomic E-state index is 13.3. The van der Waals surface area contributed by atoms with Gasteiger partial charge in [0.25, 0.3) is 0 Å². The van der Waals surface area contributed by atoms with E-state index in [1.54, 1.807) is 32.0 Å². The van der Waals surface area contributed by atoms with Gasteiger partial charge in [0.15, 0.2) is 0 Å². The first-order chi connectivity index (χ1) is 17.6. The SMILES string of the molecule is CCOC(=O)C1=C(c2ccccc2)OC(N)=C(C#N)C1c1ccc(OC)c(CSc2ccccn2)c1. The molecule has 1 aliphatic heterocycles. The first-order valence-corrected chi connectivity index (χ1v) is 12.3. The van der Waals surface area contributed by atoms with E-state index in [2.05, 4.69) is 11.1 Å². The monoisotopic (exact) mass is 499 g/mol. The number of benzene rings is 2. The van der Waals surface area contributed by atoms with E-state index in [0.717, 1.165) is 10.6 Å². The predicted octanol–water partition coefficient (Wildman–Crippen LogP) is 5.16. The van der Waals surface area contributed by atoms with Gasteiger partial charge in [0.1, 0.15) is 23.2 Å². The third-order valence-corrected chi connectivity index (χ3v) is 6.59. The van der Waals surface area contributed by atoms with Crippen molar-refractivity contribution in [3.63, 3.8) is 0 Å². The molecule has 0 fully saturated rings. The molecular weight excluding hydrogens is 474 g/mol. The molecule has 1 aliphatic rings. The second-order valence-corrected chi connectivity index (χ2v) is 8.78. The Morgan fingerprint density at radius 1 is 1.17 bits per heavy atom. The zero-order chi connectivity index (χ0) is 25.5. The number of esters is 1. The Labute approximate surface area is 214 Å². The fourth-order valence-corrected chi connectivity index (χ4v) is 4.83. The summed E-state index contributed by atoms with van der Waals surface area (Å²) < 4.78 is 16.9. The first kappa shape index (κ1) is 24.9. The summed E-state index contributed by atoms with van der Waals surface area (Å²) in [6.45, 7) is 1.90. The van der Waals surface area contributed by atoms with Crippen molar-refractivity contribution in [2.75, 3.05) is 13.7 Å². The first-order valence-electron chi connectivity index (χ1n) is 11.3. The van der Waals surface area contributed by atoms with Gasteiger partial charge in [0.2, 0.25) is 5.88 Å². The lowest BCUT2D eigenvalue weighted by atomic mass is 9.81. The number of carbonyl (C=O) groups excluding carboxylic acids is 1. The predicted molar refractivity (Wildman–Crippen MR) is 137 cm³/mol. The number of thioether (sulfide) groups is 1. The molecule has 182 valence electrons. The Morgan fingerprint density at radius 3 is 2.61 bits per heavy atom. The van der Waals surface area contributed by atoms with Crippen LogP contribution in [0.25, 0.3) is 5.76 Å². The number of hydrogen-bond donors (Lipinski definition) is 1. The number of nitriles is 1. The van der Waals surface area contributed by atoms with Crippen LogP contribution in [0, 0.1) is 11.3 Å². The quantitative estimate of drug-likeness (QED) is 0.334. The second-order valence-electron chi connectivity index (χ2n) is 7.78. The van der Waals surface area contributed by atoms with Crippen molar-refractivity contribution in [3.05, 3.63) is 107 Å². The maximum absolute atomic E-state index is 13.3. The number of methoxy groups -OCH3 is 1. The number of pyridine rings is 1. The molecule has 0 saturated heterocycles. The molecule has 0 radical (unpaired) electrons. The Kier molecular flexibility index (Phi) is 7.93. The van der Waals surface area contributed by atoms with Crippen LogP contribution < -0.4 is 10.5 Å². The number of rotatable bonds is 8. The summed E-state index contributed by atoms with van der Waals surface area (Å²) in [5.41, 5.74) is 8.84. The highest BCUT2D eigenvalue weighted by Gasteiger charge is 2.38. The molecule has 1 unspecified atom stereocenters. The van der Waals surface area contributed by atoms with Crippen LogP contribution in [0.2, 0.25) is 0 Å². The van der Waals surface area contributed by atoms with E-state index >= 15 is 0 Å². The van der Waals surface area contributed by atoms with Crippen LogP contribution >= 0.6 is 11.8 Å². The summed E-state index contributed by atoms with van der Waals surface area (Å²) in [5.74, 6) is 0.145. The molecule has 2 aromatic carbocycles. The van der Waals surface area contributed by atoms with Crippen LogP contribution in [-0.4, -0.2) is 24.7 Å². The van der Waals surface area contributed by atoms with Crippen LogP contribution in [0.15, 0.2) is 95.0 Å². The van der Waals surface area contributed by atoms with Crippen LogP contribution in [0.1, 0.15) is 29.5 Å². The van der Waals surface area contributed by atoms with Gasteiger partial charge in [-0.05, 0) is 30.7 Å². The van der Waals surface area contributed by atoms with Gasteiger partial charge in [-0.25, -0.2) is 9.78 Å². The summed E-state index contributed by atoms with van der Waals surface area (Å²) in [7, 11) is 1.61. The molecule has 4 rings (SSSR count). The molecule has 1 atom stereocenters. The topological polar surface area (TPSA) is 107 Å². The smallest absolute Gasteiger partial charge is 0.338 e. The second kappa shape index (κ2) is 11.5. The van der Waals surface area contributed by atoms with Gasteiger partial charge < -0.3 is 19.9 Å². The minimum absolute atomic E-state index is 0.0466. The lowest BCUT2D eigenvalue weighted by molar-refractivity contribution is -0.138. The molecular formula is C28H25N3O4S. The van der Waals surface area contributed by atoms with Crippen LogP contribution in [0.4, 0.5) is 0 Å². The minimum Gasteiger partial charge on any atom is -0.496 e. The van der Waals surface area contributed by atoms with Gasteiger partial charge in [0, 0.05) is 23.1 Å². The van der Waals surface area contributed by atoms with Crippen molar-refractivity contribution >= 4 is 23.5 Å². The average molecular weight is 500 g/mol. The van der Waals surface area contributed by atoms with Crippen molar-refractivity contribution in [2.45, 2.75) is 23.6 Å². The fourth-order valence-electron chi connectivity index (χ4n) is 3.99. The molecule has 36 heavy (non-hydrogen) atoms. The molecule has 3 aromatic rings. The Morgan fingerprint density at radius 2 is 1.94 bits per heavy atom.